The molecule has 0 amide bonds. The van der Waals surface area contributed by atoms with Crippen molar-refractivity contribution in [3.63, 3.8) is 0 Å². The average Bonchev–Trinajstić information content (AvgIpc) is 3.19. The Morgan fingerprint density at radius 3 is 2.61 bits per heavy atom. The smallest absolute Gasteiger partial charge is 0.233 e. The third kappa shape index (κ3) is 3.13. The number of hydrogen-bond donors (Lipinski definition) is 1. The zero-order chi connectivity index (χ0) is 19.7. The number of rotatable bonds is 5. The lowest BCUT2D eigenvalue weighted by Gasteiger charge is -2.18. The van der Waals surface area contributed by atoms with E-state index in [-0.39, 0.29) is 21.7 Å². The van der Waals surface area contributed by atoms with Crippen LogP contribution in [0.2, 0.25) is 0 Å². The molecule has 0 saturated heterocycles. The van der Waals surface area contributed by atoms with Crippen LogP contribution in [0.25, 0.3) is 11.5 Å². The first kappa shape index (κ1) is 18.2. The number of aromatic nitrogens is 1. The van der Waals surface area contributed by atoms with Crippen molar-refractivity contribution in [1.82, 2.24) is 4.98 Å². The van der Waals surface area contributed by atoms with E-state index in [1.54, 1.807) is 44.5 Å². The molecule has 146 valence electrons. The van der Waals surface area contributed by atoms with Gasteiger partial charge in [0.2, 0.25) is 26.6 Å². The van der Waals surface area contributed by atoms with Gasteiger partial charge >= 0.3 is 0 Å². The highest BCUT2D eigenvalue weighted by Gasteiger charge is 2.29. The van der Waals surface area contributed by atoms with Crippen molar-refractivity contribution in [3.8, 4) is 28.7 Å². The summed E-state index contributed by atoms with van der Waals surface area (Å²) in [4.78, 5) is 4.28. The number of sulfone groups is 1. The molecule has 2 aromatic carbocycles. The van der Waals surface area contributed by atoms with Crippen LogP contribution < -0.4 is 19.5 Å². The van der Waals surface area contributed by atoms with Gasteiger partial charge in [0.25, 0.3) is 0 Å². The Kier molecular flexibility index (Phi) is 4.60. The quantitative estimate of drug-likeness (QED) is 0.695. The fourth-order valence-corrected chi connectivity index (χ4v) is 4.15. The molecule has 0 spiro atoms. The molecular weight excluding hydrogens is 384 g/mol. The van der Waals surface area contributed by atoms with E-state index in [0.717, 1.165) is 0 Å². The van der Waals surface area contributed by atoms with Crippen LogP contribution in [0.4, 0.5) is 5.88 Å². The van der Waals surface area contributed by atoms with Crippen LogP contribution >= 0.6 is 0 Å². The number of methoxy groups -OCH3 is 1. The molecule has 0 fully saturated rings. The van der Waals surface area contributed by atoms with Crippen molar-refractivity contribution < 1.29 is 27.0 Å². The molecule has 0 bridgehead atoms. The molecule has 0 saturated carbocycles. The second-order valence-electron chi connectivity index (χ2n) is 5.94. The minimum Gasteiger partial charge on any atom is -0.497 e. The van der Waals surface area contributed by atoms with Crippen LogP contribution in [-0.2, 0) is 9.84 Å². The van der Waals surface area contributed by atoms with E-state index in [0.29, 0.717) is 36.0 Å². The monoisotopic (exact) mass is 402 g/mol. The number of ether oxygens (including phenoxy) is 3. The summed E-state index contributed by atoms with van der Waals surface area (Å²) in [6.07, 6.45) is 0. The Bertz CT molecular complexity index is 1120. The van der Waals surface area contributed by atoms with E-state index in [2.05, 4.69) is 10.3 Å². The Hall–Kier alpha value is -3.20. The number of oxazole rings is 1. The van der Waals surface area contributed by atoms with Crippen molar-refractivity contribution in [2.75, 3.05) is 32.7 Å². The molecule has 28 heavy (non-hydrogen) atoms. The molecule has 0 unspecified atom stereocenters. The lowest BCUT2D eigenvalue weighted by Crippen LogP contribution is -2.16. The van der Waals surface area contributed by atoms with Gasteiger partial charge in [0, 0.05) is 18.7 Å². The average molecular weight is 402 g/mol. The molecule has 0 atom stereocenters. The minimum absolute atomic E-state index is 0.0405. The summed E-state index contributed by atoms with van der Waals surface area (Å²) >= 11 is 0. The molecule has 3 aromatic rings. The van der Waals surface area contributed by atoms with Gasteiger partial charge in [0.05, 0.1) is 12.0 Å². The number of benzene rings is 2. The molecule has 4 rings (SSSR count). The van der Waals surface area contributed by atoms with E-state index in [1.165, 1.54) is 12.1 Å². The van der Waals surface area contributed by atoms with Crippen molar-refractivity contribution in [2.24, 2.45) is 0 Å². The summed E-state index contributed by atoms with van der Waals surface area (Å²) in [7, 11) is -0.837. The molecule has 1 aliphatic heterocycles. The van der Waals surface area contributed by atoms with E-state index < -0.39 is 9.84 Å². The molecule has 1 N–H and O–H groups in total. The maximum atomic E-state index is 13.2. The molecule has 1 aliphatic rings. The summed E-state index contributed by atoms with van der Waals surface area (Å²) in [6, 6.07) is 11.5. The lowest BCUT2D eigenvalue weighted by molar-refractivity contribution is 0.171. The van der Waals surface area contributed by atoms with E-state index in [1.807, 2.05) is 0 Å². The van der Waals surface area contributed by atoms with Crippen LogP contribution in [0, 0.1) is 0 Å². The van der Waals surface area contributed by atoms with Gasteiger partial charge in [-0.1, -0.05) is 6.07 Å². The maximum absolute atomic E-state index is 13.2. The van der Waals surface area contributed by atoms with Gasteiger partial charge in [0.1, 0.15) is 19.0 Å². The maximum Gasteiger partial charge on any atom is 0.233 e. The van der Waals surface area contributed by atoms with E-state index in [4.69, 9.17) is 18.6 Å². The largest absolute Gasteiger partial charge is 0.497 e. The van der Waals surface area contributed by atoms with Gasteiger partial charge in [-0.05, 0) is 30.3 Å². The first-order valence-corrected chi connectivity index (χ1v) is 9.99. The highest BCUT2D eigenvalue weighted by molar-refractivity contribution is 7.91. The zero-order valence-corrected chi connectivity index (χ0v) is 16.1. The van der Waals surface area contributed by atoms with Crippen molar-refractivity contribution >= 4 is 15.7 Å². The lowest BCUT2D eigenvalue weighted by atomic mass is 10.2. The summed E-state index contributed by atoms with van der Waals surface area (Å²) in [5.74, 6) is 1.72. The van der Waals surface area contributed by atoms with Crippen molar-refractivity contribution in [3.05, 3.63) is 42.5 Å². The Morgan fingerprint density at radius 2 is 1.86 bits per heavy atom. The van der Waals surface area contributed by atoms with Gasteiger partial charge in [-0.15, -0.1) is 0 Å². The molecule has 9 heteroatoms. The third-order valence-electron chi connectivity index (χ3n) is 4.22. The molecule has 2 heterocycles. The zero-order valence-electron chi connectivity index (χ0n) is 15.3. The predicted molar refractivity (Wildman–Crippen MR) is 101 cm³/mol. The molecule has 1 aromatic heterocycles. The SMILES string of the molecule is CNc1oc(-c2cccc(OC)c2)nc1S(=O)(=O)c1ccc2c(c1)OCCO2. The number of nitrogens with one attached hydrogen (secondary N) is 1. The number of nitrogens with zero attached hydrogens (tertiary/aromatic N) is 1. The summed E-state index contributed by atoms with van der Waals surface area (Å²) in [5.41, 5.74) is 0.597. The van der Waals surface area contributed by atoms with Crippen LogP contribution in [0.3, 0.4) is 0 Å². The topological polar surface area (TPSA) is 99.9 Å². The number of fused-ring (bicyclic) bond motifs is 1. The summed E-state index contributed by atoms with van der Waals surface area (Å²) in [5, 5.41) is 2.55. The van der Waals surface area contributed by atoms with Gasteiger partial charge in [0.15, 0.2) is 11.5 Å². The second kappa shape index (κ2) is 7.08. The highest BCUT2D eigenvalue weighted by atomic mass is 32.2. The van der Waals surface area contributed by atoms with Crippen LogP contribution in [0.15, 0.2) is 56.8 Å². The first-order valence-electron chi connectivity index (χ1n) is 8.50. The fourth-order valence-electron chi connectivity index (χ4n) is 2.83. The molecule has 8 nitrogen and oxygen atoms in total. The van der Waals surface area contributed by atoms with Crippen LogP contribution in [0.5, 0.6) is 17.2 Å². The Morgan fingerprint density at radius 1 is 1.07 bits per heavy atom. The molecule has 0 aliphatic carbocycles. The first-order chi connectivity index (χ1) is 13.5. The van der Waals surface area contributed by atoms with E-state index in [9.17, 15) is 8.42 Å². The minimum atomic E-state index is -3.95. The van der Waals surface area contributed by atoms with Gasteiger partial charge in [-0.3, -0.25) is 0 Å². The fraction of sp³-hybridized carbons (Fsp3) is 0.211. The van der Waals surface area contributed by atoms with Crippen LogP contribution in [-0.4, -0.2) is 40.8 Å². The normalized spacial score (nSPS) is 13.2. The number of hydrogen-bond acceptors (Lipinski definition) is 8. The summed E-state index contributed by atoms with van der Waals surface area (Å²) in [6.45, 7) is 0.790. The van der Waals surface area contributed by atoms with Gasteiger partial charge in [-0.25, -0.2) is 8.42 Å². The van der Waals surface area contributed by atoms with Crippen molar-refractivity contribution in [1.29, 1.82) is 0 Å². The van der Waals surface area contributed by atoms with E-state index >= 15 is 0 Å². The number of anilines is 1. The predicted octanol–water partition coefficient (Wildman–Crippen LogP) is 3.00. The van der Waals surface area contributed by atoms with Crippen LogP contribution in [0.1, 0.15) is 0 Å². The second-order valence-corrected chi connectivity index (χ2v) is 7.81. The molecular formula is C19H18N2O6S. The summed E-state index contributed by atoms with van der Waals surface area (Å²) < 4.78 is 48.2. The Labute approximate surface area is 162 Å². The highest BCUT2D eigenvalue weighted by Crippen LogP contribution is 2.37. The van der Waals surface area contributed by atoms with Gasteiger partial charge in [-0.2, -0.15) is 4.98 Å². The van der Waals surface area contributed by atoms with Gasteiger partial charge < -0.3 is 23.9 Å². The molecule has 0 radical (unpaired) electrons. The Balaban J connectivity index is 1.78. The van der Waals surface area contributed by atoms with Crippen molar-refractivity contribution in [2.45, 2.75) is 9.92 Å². The standard InChI is InChI=1S/C19H18N2O6S/c1-20-18-19(21-17(27-18)12-4-3-5-13(10-12)24-2)28(22,23)14-6-7-15-16(11-14)26-9-8-25-15/h3-7,10-11,20H,8-9H2,1-2H3. The third-order valence-corrected chi connectivity index (χ3v) is 5.88.